The van der Waals surface area contributed by atoms with E-state index in [1.54, 1.807) is 0 Å². The fourth-order valence-electron chi connectivity index (χ4n) is 2.33. The second-order valence-corrected chi connectivity index (χ2v) is 4.81. The number of halogens is 1. The SMILES string of the molecule is Cc1cc(C)c(CC2(F)CNC2)c(C)c1. The molecule has 1 aliphatic rings. The van der Waals surface area contributed by atoms with E-state index in [1.165, 1.54) is 22.3 Å². The highest BCUT2D eigenvalue weighted by molar-refractivity contribution is 5.38. The second kappa shape index (κ2) is 3.60. The van der Waals surface area contributed by atoms with Crippen molar-refractivity contribution in [2.24, 2.45) is 0 Å². The zero-order valence-electron chi connectivity index (χ0n) is 9.65. The van der Waals surface area contributed by atoms with Crippen molar-refractivity contribution >= 4 is 0 Å². The number of benzene rings is 1. The maximum absolute atomic E-state index is 14.0. The summed E-state index contributed by atoms with van der Waals surface area (Å²) in [6.07, 6.45) is 0.554. The Balaban J connectivity index is 2.28. The van der Waals surface area contributed by atoms with E-state index in [4.69, 9.17) is 0 Å². The highest BCUT2D eigenvalue weighted by Crippen LogP contribution is 2.26. The van der Waals surface area contributed by atoms with Crippen molar-refractivity contribution in [1.29, 1.82) is 0 Å². The lowest BCUT2D eigenvalue weighted by molar-refractivity contribution is 0.0908. The van der Waals surface area contributed by atoms with E-state index < -0.39 is 5.67 Å². The molecule has 0 saturated carbocycles. The van der Waals surface area contributed by atoms with E-state index in [-0.39, 0.29) is 0 Å². The second-order valence-electron chi connectivity index (χ2n) is 4.81. The summed E-state index contributed by atoms with van der Waals surface area (Å²) in [6.45, 7) is 7.23. The molecule has 1 fully saturated rings. The van der Waals surface area contributed by atoms with Gasteiger partial charge >= 0.3 is 0 Å². The molecule has 82 valence electrons. The van der Waals surface area contributed by atoms with Gasteiger partial charge in [-0.25, -0.2) is 4.39 Å². The normalized spacial score (nSPS) is 18.7. The number of alkyl halides is 1. The van der Waals surface area contributed by atoms with Gasteiger partial charge in [-0.05, 0) is 37.5 Å². The van der Waals surface area contributed by atoms with Gasteiger partial charge in [0.05, 0.1) is 0 Å². The van der Waals surface area contributed by atoms with Crippen molar-refractivity contribution in [1.82, 2.24) is 5.32 Å². The molecular weight excluding hydrogens is 189 g/mol. The molecule has 1 aromatic rings. The zero-order chi connectivity index (χ0) is 11.1. The molecule has 1 N–H and O–H groups in total. The molecule has 0 amide bonds. The Morgan fingerprint density at radius 2 is 1.73 bits per heavy atom. The van der Waals surface area contributed by atoms with Gasteiger partial charge in [0.15, 0.2) is 0 Å². The monoisotopic (exact) mass is 207 g/mol. The Morgan fingerprint density at radius 3 is 2.13 bits per heavy atom. The van der Waals surface area contributed by atoms with Crippen molar-refractivity contribution in [3.63, 3.8) is 0 Å². The Morgan fingerprint density at radius 1 is 1.20 bits per heavy atom. The largest absolute Gasteiger partial charge is 0.310 e. The number of hydrogen-bond acceptors (Lipinski definition) is 1. The van der Waals surface area contributed by atoms with E-state index in [9.17, 15) is 4.39 Å². The summed E-state index contributed by atoms with van der Waals surface area (Å²) < 4.78 is 14.0. The van der Waals surface area contributed by atoms with Gasteiger partial charge in [-0.3, -0.25) is 0 Å². The summed E-state index contributed by atoms with van der Waals surface area (Å²) in [4.78, 5) is 0. The summed E-state index contributed by atoms with van der Waals surface area (Å²) in [5.74, 6) is 0. The predicted molar refractivity (Wildman–Crippen MR) is 61.1 cm³/mol. The van der Waals surface area contributed by atoms with Crippen LogP contribution in [0.25, 0.3) is 0 Å². The van der Waals surface area contributed by atoms with Crippen LogP contribution in [0.1, 0.15) is 22.3 Å². The van der Waals surface area contributed by atoms with Crippen LogP contribution in [0, 0.1) is 20.8 Å². The first kappa shape index (κ1) is 10.6. The predicted octanol–water partition coefficient (Wildman–Crippen LogP) is 2.47. The third kappa shape index (κ3) is 2.05. The van der Waals surface area contributed by atoms with Gasteiger partial charge in [0.2, 0.25) is 0 Å². The lowest BCUT2D eigenvalue weighted by Crippen LogP contribution is -2.57. The summed E-state index contributed by atoms with van der Waals surface area (Å²) in [5.41, 5.74) is 3.87. The van der Waals surface area contributed by atoms with Gasteiger partial charge in [0.25, 0.3) is 0 Å². The highest BCUT2D eigenvalue weighted by Gasteiger charge is 2.37. The highest BCUT2D eigenvalue weighted by atomic mass is 19.1. The van der Waals surface area contributed by atoms with E-state index in [2.05, 4.69) is 38.2 Å². The maximum atomic E-state index is 14.0. The lowest BCUT2D eigenvalue weighted by Gasteiger charge is -2.36. The smallest absolute Gasteiger partial charge is 0.139 e. The minimum Gasteiger partial charge on any atom is -0.310 e. The molecule has 0 atom stereocenters. The van der Waals surface area contributed by atoms with Crippen molar-refractivity contribution < 1.29 is 4.39 Å². The van der Waals surface area contributed by atoms with Gasteiger partial charge in [0.1, 0.15) is 5.67 Å². The van der Waals surface area contributed by atoms with Crippen LogP contribution in [0.2, 0.25) is 0 Å². The third-order valence-corrected chi connectivity index (χ3v) is 3.22. The van der Waals surface area contributed by atoms with Crippen LogP contribution in [-0.2, 0) is 6.42 Å². The molecule has 0 aliphatic carbocycles. The first-order valence-electron chi connectivity index (χ1n) is 5.47. The number of nitrogens with one attached hydrogen (secondary N) is 1. The molecular formula is C13H18FN. The molecule has 1 aromatic carbocycles. The Bertz CT molecular complexity index is 357. The molecule has 2 heteroatoms. The minimum atomic E-state index is -1.01. The van der Waals surface area contributed by atoms with Crippen LogP contribution < -0.4 is 5.32 Å². The third-order valence-electron chi connectivity index (χ3n) is 3.22. The van der Waals surface area contributed by atoms with E-state index >= 15 is 0 Å². The van der Waals surface area contributed by atoms with Gasteiger partial charge in [-0.1, -0.05) is 17.7 Å². The van der Waals surface area contributed by atoms with E-state index in [0.29, 0.717) is 19.5 Å². The van der Waals surface area contributed by atoms with Crippen molar-refractivity contribution in [2.45, 2.75) is 32.9 Å². The number of hydrogen-bond donors (Lipinski definition) is 1. The maximum Gasteiger partial charge on any atom is 0.139 e. The van der Waals surface area contributed by atoms with E-state index in [1.807, 2.05) is 0 Å². The average molecular weight is 207 g/mol. The molecule has 0 unspecified atom stereocenters. The number of aryl methyl sites for hydroxylation is 3. The van der Waals surface area contributed by atoms with Crippen molar-refractivity contribution in [2.75, 3.05) is 13.1 Å². The van der Waals surface area contributed by atoms with Crippen LogP contribution in [0.3, 0.4) is 0 Å². The summed E-state index contributed by atoms with van der Waals surface area (Å²) in [5, 5.41) is 3.00. The topological polar surface area (TPSA) is 12.0 Å². The summed E-state index contributed by atoms with van der Waals surface area (Å²) in [6, 6.07) is 4.27. The summed E-state index contributed by atoms with van der Waals surface area (Å²) in [7, 11) is 0. The van der Waals surface area contributed by atoms with Crippen LogP contribution in [0.5, 0.6) is 0 Å². The minimum absolute atomic E-state index is 0.500. The molecule has 1 heterocycles. The summed E-state index contributed by atoms with van der Waals surface area (Å²) >= 11 is 0. The molecule has 15 heavy (non-hydrogen) atoms. The lowest BCUT2D eigenvalue weighted by atomic mass is 9.86. The Labute approximate surface area is 90.7 Å². The fraction of sp³-hybridized carbons (Fsp3) is 0.538. The molecule has 1 nitrogen and oxygen atoms in total. The van der Waals surface area contributed by atoms with Crippen LogP contribution >= 0.6 is 0 Å². The quantitative estimate of drug-likeness (QED) is 0.785. The van der Waals surface area contributed by atoms with Gasteiger partial charge in [-0.2, -0.15) is 0 Å². The van der Waals surface area contributed by atoms with Gasteiger partial charge in [0, 0.05) is 19.5 Å². The molecule has 0 aromatic heterocycles. The zero-order valence-corrected chi connectivity index (χ0v) is 9.65. The number of rotatable bonds is 2. The molecule has 0 radical (unpaired) electrons. The first-order valence-corrected chi connectivity index (χ1v) is 5.47. The molecule has 1 aliphatic heterocycles. The van der Waals surface area contributed by atoms with Gasteiger partial charge < -0.3 is 5.32 Å². The van der Waals surface area contributed by atoms with Crippen LogP contribution in [-0.4, -0.2) is 18.8 Å². The fourth-order valence-corrected chi connectivity index (χ4v) is 2.33. The molecule has 1 saturated heterocycles. The van der Waals surface area contributed by atoms with Crippen molar-refractivity contribution in [3.8, 4) is 0 Å². The van der Waals surface area contributed by atoms with Crippen LogP contribution in [0.15, 0.2) is 12.1 Å². The van der Waals surface area contributed by atoms with Crippen LogP contribution in [0.4, 0.5) is 4.39 Å². The standard InChI is InChI=1S/C13H18FN/c1-9-4-10(2)12(11(3)5-9)6-13(14)7-15-8-13/h4-5,15H,6-8H2,1-3H3. The Kier molecular flexibility index (Phi) is 2.55. The van der Waals surface area contributed by atoms with Gasteiger partial charge in [-0.15, -0.1) is 0 Å². The Hall–Kier alpha value is -0.890. The van der Waals surface area contributed by atoms with Crippen molar-refractivity contribution in [3.05, 3.63) is 34.4 Å². The molecule has 0 spiro atoms. The molecule has 2 rings (SSSR count). The first-order chi connectivity index (χ1) is 7.00. The van der Waals surface area contributed by atoms with E-state index in [0.717, 1.165) is 0 Å². The average Bonchev–Trinajstić information content (AvgIpc) is 2.08. The molecule has 0 bridgehead atoms.